The molecule has 0 aliphatic carbocycles. The molecule has 2 aromatic heterocycles. The number of aryl methyl sites for hydroxylation is 2. The van der Waals surface area contributed by atoms with Crippen LogP contribution in [0.2, 0.25) is 0 Å². The molecule has 8 heteroatoms. The van der Waals surface area contributed by atoms with Crippen molar-refractivity contribution in [1.29, 1.82) is 0 Å². The second-order valence-electron chi connectivity index (χ2n) is 7.02. The number of carbonyl (C=O) groups is 1. The van der Waals surface area contributed by atoms with Crippen molar-refractivity contribution in [3.8, 4) is 0 Å². The number of aromatic nitrogens is 3. The number of carbonyl (C=O) groups excluding carboxylic acids is 1. The van der Waals surface area contributed by atoms with Crippen molar-refractivity contribution >= 4 is 44.0 Å². The molecular weight excluding hydrogens is 416 g/mol. The first-order valence-corrected chi connectivity index (χ1v) is 11.5. The second kappa shape index (κ2) is 9.77. The van der Waals surface area contributed by atoms with Gasteiger partial charge in [-0.05, 0) is 30.5 Å². The lowest BCUT2D eigenvalue weighted by Gasteiger charge is -2.01. The van der Waals surface area contributed by atoms with E-state index in [4.69, 9.17) is 0 Å². The number of nitrogens with one attached hydrogen (secondary N) is 1. The van der Waals surface area contributed by atoms with E-state index in [1.165, 1.54) is 22.9 Å². The lowest BCUT2D eigenvalue weighted by Crippen LogP contribution is -2.14. The van der Waals surface area contributed by atoms with E-state index in [-0.39, 0.29) is 11.5 Å². The third kappa shape index (κ3) is 5.20. The molecule has 0 bridgehead atoms. The fourth-order valence-corrected chi connectivity index (χ4v) is 5.05. The summed E-state index contributed by atoms with van der Waals surface area (Å²) in [6, 6.07) is 17.4. The Balaban J connectivity index is 1.19. The number of amides is 1. The van der Waals surface area contributed by atoms with E-state index in [2.05, 4.69) is 15.5 Å². The third-order valence-electron chi connectivity index (χ3n) is 4.73. The van der Waals surface area contributed by atoms with Crippen molar-refractivity contribution in [1.82, 2.24) is 14.2 Å². The number of hydrogen-bond acceptors (Lipinski definition) is 6. The summed E-state index contributed by atoms with van der Waals surface area (Å²) in [4.78, 5) is 24.5. The highest BCUT2D eigenvalue weighted by atomic mass is 32.1. The maximum atomic E-state index is 12.3. The van der Waals surface area contributed by atoms with Crippen molar-refractivity contribution in [2.75, 3.05) is 5.32 Å². The normalized spacial score (nSPS) is 11.1. The number of unbranched alkanes of at least 4 members (excludes halogenated alkanes) is 2. The molecule has 6 nitrogen and oxygen atoms in total. The van der Waals surface area contributed by atoms with Crippen LogP contribution in [0.25, 0.3) is 10.1 Å². The Bertz CT molecular complexity index is 1180. The quantitative estimate of drug-likeness (QED) is 0.390. The van der Waals surface area contributed by atoms with Crippen LogP contribution in [-0.2, 0) is 24.2 Å². The number of hydrogen-bond donors (Lipinski definition) is 1. The Labute approximate surface area is 182 Å². The zero-order valence-corrected chi connectivity index (χ0v) is 18.0. The van der Waals surface area contributed by atoms with Gasteiger partial charge in [-0.2, -0.15) is 0 Å². The van der Waals surface area contributed by atoms with Crippen LogP contribution < -0.4 is 10.9 Å². The number of anilines is 1. The van der Waals surface area contributed by atoms with E-state index in [9.17, 15) is 9.59 Å². The highest BCUT2D eigenvalue weighted by molar-refractivity contribution is 7.15. The molecule has 2 heterocycles. The minimum Gasteiger partial charge on any atom is -0.300 e. The van der Waals surface area contributed by atoms with Gasteiger partial charge in [0.1, 0.15) is 5.01 Å². The van der Waals surface area contributed by atoms with E-state index < -0.39 is 0 Å². The van der Waals surface area contributed by atoms with Crippen LogP contribution in [-0.4, -0.2) is 20.1 Å². The Morgan fingerprint density at radius 3 is 2.60 bits per heavy atom. The van der Waals surface area contributed by atoms with Crippen LogP contribution >= 0.6 is 22.9 Å². The fourth-order valence-electron chi connectivity index (χ4n) is 3.22. The molecule has 0 aliphatic heterocycles. The molecule has 0 atom stereocenters. The first kappa shape index (κ1) is 20.4. The summed E-state index contributed by atoms with van der Waals surface area (Å²) in [6.45, 7) is 0.745. The average Bonchev–Trinajstić information content (AvgIpc) is 3.33. The minimum absolute atomic E-state index is 0.0855. The average molecular weight is 439 g/mol. The van der Waals surface area contributed by atoms with Crippen LogP contribution in [0.5, 0.6) is 0 Å². The van der Waals surface area contributed by atoms with Crippen LogP contribution in [0.3, 0.4) is 0 Å². The molecule has 0 radical (unpaired) electrons. The fraction of sp³-hybridized carbons (Fsp3) is 0.273. The van der Waals surface area contributed by atoms with Gasteiger partial charge in [-0.25, -0.2) is 0 Å². The number of benzene rings is 2. The summed E-state index contributed by atoms with van der Waals surface area (Å²) in [5, 5.41) is 13.3. The predicted octanol–water partition coefficient (Wildman–Crippen LogP) is 4.51. The van der Waals surface area contributed by atoms with E-state index in [1.807, 2.05) is 58.6 Å². The monoisotopic (exact) mass is 438 g/mol. The van der Waals surface area contributed by atoms with Gasteiger partial charge < -0.3 is 5.32 Å². The Hall–Kier alpha value is -2.84. The van der Waals surface area contributed by atoms with Crippen molar-refractivity contribution in [2.24, 2.45) is 0 Å². The minimum atomic E-state index is -0.0855. The van der Waals surface area contributed by atoms with E-state index in [0.717, 1.165) is 52.9 Å². The van der Waals surface area contributed by atoms with Crippen LogP contribution in [0.4, 0.5) is 5.13 Å². The molecule has 0 saturated carbocycles. The van der Waals surface area contributed by atoms with Crippen LogP contribution in [0.1, 0.15) is 29.8 Å². The highest BCUT2D eigenvalue weighted by Gasteiger charge is 2.09. The first-order valence-electron chi connectivity index (χ1n) is 9.94. The molecule has 30 heavy (non-hydrogen) atoms. The SMILES string of the molecule is O=C(Cc1ccccc1)Nc1nnc(CCCCCn2sc3ccccc3c2=O)s1. The molecule has 1 amide bonds. The largest absolute Gasteiger partial charge is 0.300 e. The summed E-state index contributed by atoms with van der Waals surface area (Å²) >= 11 is 2.96. The molecular formula is C22H22N4O2S2. The van der Waals surface area contributed by atoms with E-state index in [0.29, 0.717) is 11.6 Å². The summed E-state index contributed by atoms with van der Waals surface area (Å²) in [5.74, 6) is -0.0855. The van der Waals surface area contributed by atoms with Gasteiger partial charge in [0.25, 0.3) is 5.56 Å². The van der Waals surface area contributed by atoms with Gasteiger partial charge in [0.2, 0.25) is 11.0 Å². The molecule has 0 unspecified atom stereocenters. The van der Waals surface area contributed by atoms with Gasteiger partial charge in [0.15, 0.2) is 0 Å². The molecule has 0 spiro atoms. The molecule has 4 aromatic rings. The molecule has 0 fully saturated rings. The number of fused-ring (bicyclic) bond motifs is 1. The summed E-state index contributed by atoms with van der Waals surface area (Å²) < 4.78 is 2.88. The second-order valence-corrected chi connectivity index (χ2v) is 9.14. The van der Waals surface area contributed by atoms with Gasteiger partial charge in [-0.15, -0.1) is 10.2 Å². The standard InChI is InChI=1S/C22H22N4O2S2/c27-19(15-16-9-3-1-4-10-16)23-22-25-24-20(29-22)13-5-2-8-14-26-21(28)17-11-6-7-12-18(17)30-26/h1,3-4,6-7,9-12H,2,5,8,13-15H2,(H,23,25,27). The molecule has 2 aromatic carbocycles. The first-order chi connectivity index (χ1) is 14.7. The molecule has 1 N–H and O–H groups in total. The molecule has 4 rings (SSSR count). The summed E-state index contributed by atoms with van der Waals surface area (Å²) in [6.07, 6.45) is 4.09. The molecule has 0 aliphatic rings. The highest BCUT2D eigenvalue weighted by Crippen LogP contribution is 2.19. The smallest absolute Gasteiger partial charge is 0.268 e. The van der Waals surface area contributed by atoms with Gasteiger partial charge in [-0.3, -0.25) is 13.5 Å². The Morgan fingerprint density at radius 2 is 1.77 bits per heavy atom. The van der Waals surface area contributed by atoms with Crippen molar-refractivity contribution in [3.63, 3.8) is 0 Å². The number of rotatable bonds is 9. The Kier molecular flexibility index (Phi) is 6.66. The molecule has 154 valence electrons. The Morgan fingerprint density at radius 1 is 0.967 bits per heavy atom. The van der Waals surface area contributed by atoms with Gasteiger partial charge in [0.05, 0.1) is 16.5 Å². The third-order valence-corrected chi connectivity index (χ3v) is 6.75. The van der Waals surface area contributed by atoms with E-state index >= 15 is 0 Å². The van der Waals surface area contributed by atoms with Crippen LogP contribution in [0.15, 0.2) is 59.4 Å². The lowest BCUT2D eigenvalue weighted by atomic mass is 10.1. The van der Waals surface area contributed by atoms with Gasteiger partial charge in [0, 0.05) is 13.0 Å². The molecule has 0 saturated heterocycles. The van der Waals surface area contributed by atoms with Crippen LogP contribution in [0, 0.1) is 0 Å². The van der Waals surface area contributed by atoms with Crippen molar-refractivity contribution in [2.45, 2.75) is 38.6 Å². The maximum Gasteiger partial charge on any atom is 0.268 e. The summed E-state index contributed by atoms with van der Waals surface area (Å²) in [5.41, 5.74) is 1.08. The topological polar surface area (TPSA) is 76.9 Å². The van der Waals surface area contributed by atoms with Crippen molar-refractivity contribution < 1.29 is 4.79 Å². The van der Waals surface area contributed by atoms with Crippen molar-refractivity contribution in [3.05, 3.63) is 75.5 Å². The lowest BCUT2D eigenvalue weighted by molar-refractivity contribution is -0.115. The van der Waals surface area contributed by atoms with Gasteiger partial charge >= 0.3 is 0 Å². The van der Waals surface area contributed by atoms with Gasteiger partial charge in [-0.1, -0.05) is 71.8 Å². The number of nitrogens with zero attached hydrogens (tertiary/aromatic N) is 3. The predicted molar refractivity (Wildman–Crippen MR) is 122 cm³/mol. The zero-order valence-electron chi connectivity index (χ0n) is 16.4. The summed E-state index contributed by atoms with van der Waals surface area (Å²) in [7, 11) is 0. The zero-order chi connectivity index (χ0) is 20.8. The van der Waals surface area contributed by atoms with E-state index in [1.54, 1.807) is 0 Å². The maximum absolute atomic E-state index is 12.3.